The van der Waals surface area contributed by atoms with E-state index in [1.54, 1.807) is 13.3 Å². The summed E-state index contributed by atoms with van der Waals surface area (Å²) in [4.78, 5) is 12.6. The molecular formula is C12H14N4O. The smallest absolute Gasteiger partial charge is 0.146 e. The molecule has 2 aromatic rings. The number of ether oxygens (including phenoxy) is 1. The van der Waals surface area contributed by atoms with Gasteiger partial charge in [0.15, 0.2) is 0 Å². The Kier molecular flexibility index (Phi) is 3.49. The molecule has 5 nitrogen and oxygen atoms in total. The number of pyridine rings is 1. The second kappa shape index (κ2) is 5.25. The molecule has 2 rings (SSSR count). The van der Waals surface area contributed by atoms with Crippen LogP contribution < -0.4 is 10.1 Å². The van der Waals surface area contributed by atoms with Crippen molar-refractivity contribution in [3.8, 4) is 17.1 Å². The molecule has 0 saturated carbocycles. The normalized spacial score (nSPS) is 10.0. The fraction of sp³-hybridized carbons (Fsp3) is 0.250. The van der Waals surface area contributed by atoms with Crippen molar-refractivity contribution in [3.05, 3.63) is 30.7 Å². The van der Waals surface area contributed by atoms with Gasteiger partial charge in [-0.15, -0.1) is 0 Å². The first kappa shape index (κ1) is 11.3. The zero-order chi connectivity index (χ0) is 12.1. The second-order valence-corrected chi connectivity index (χ2v) is 3.37. The average molecular weight is 230 g/mol. The van der Waals surface area contributed by atoms with Crippen LogP contribution >= 0.6 is 0 Å². The lowest BCUT2D eigenvalue weighted by molar-refractivity contribution is 0.414. The molecule has 17 heavy (non-hydrogen) atoms. The van der Waals surface area contributed by atoms with Crippen LogP contribution in [0.5, 0.6) is 5.75 Å². The van der Waals surface area contributed by atoms with E-state index >= 15 is 0 Å². The van der Waals surface area contributed by atoms with Crippen LogP contribution in [-0.2, 0) is 0 Å². The Hall–Kier alpha value is -2.17. The molecule has 0 aliphatic carbocycles. The monoisotopic (exact) mass is 230 g/mol. The van der Waals surface area contributed by atoms with Gasteiger partial charge in [-0.05, 0) is 19.1 Å². The van der Waals surface area contributed by atoms with Crippen molar-refractivity contribution >= 4 is 5.82 Å². The maximum Gasteiger partial charge on any atom is 0.146 e. The molecule has 0 aliphatic heterocycles. The highest BCUT2D eigenvalue weighted by atomic mass is 16.5. The topological polar surface area (TPSA) is 59.9 Å². The Labute approximate surface area is 99.9 Å². The van der Waals surface area contributed by atoms with E-state index in [-0.39, 0.29) is 0 Å². The first-order valence-electron chi connectivity index (χ1n) is 5.40. The van der Waals surface area contributed by atoms with Crippen molar-refractivity contribution < 1.29 is 4.74 Å². The molecule has 0 unspecified atom stereocenters. The molecule has 1 N–H and O–H groups in total. The molecule has 88 valence electrons. The van der Waals surface area contributed by atoms with E-state index in [0.29, 0.717) is 5.75 Å². The first-order valence-corrected chi connectivity index (χ1v) is 5.40. The molecule has 2 aromatic heterocycles. The van der Waals surface area contributed by atoms with Gasteiger partial charge in [0.05, 0.1) is 12.8 Å². The molecule has 2 heterocycles. The van der Waals surface area contributed by atoms with Crippen LogP contribution in [0.2, 0.25) is 0 Å². The van der Waals surface area contributed by atoms with Gasteiger partial charge in [0.1, 0.15) is 23.6 Å². The Balaban J connectivity index is 2.41. The Morgan fingerprint density at radius 3 is 2.94 bits per heavy atom. The van der Waals surface area contributed by atoms with Gasteiger partial charge in [-0.3, -0.25) is 4.98 Å². The number of rotatable bonds is 4. The molecule has 0 bridgehead atoms. The van der Waals surface area contributed by atoms with E-state index in [9.17, 15) is 0 Å². The lowest BCUT2D eigenvalue weighted by Gasteiger charge is -2.07. The lowest BCUT2D eigenvalue weighted by Crippen LogP contribution is -2.00. The highest BCUT2D eigenvalue weighted by Crippen LogP contribution is 2.26. The maximum atomic E-state index is 5.26. The zero-order valence-electron chi connectivity index (χ0n) is 9.84. The fourth-order valence-electron chi connectivity index (χ4n) is 1.51. The quantitative estimate of drug-likeness (QED) is 0.870. The molecule has 0 radical (unpaired) electrons. The number of aromatic nitrogens is 3. The van der Waals surface area contributed by atoms with Gasteiger partial charge in [-0.25, -0.2) is 9.97 Å². The van der Waals surface area contributed by atoms with Gasteiger partial charge in [-0.2, -0.15) is 0 Å². The summed E-state index contributed by atoms with van der Waals surface area (Å²) in [6.45, 7) is 2.83. The van der Waals surface area contributed by atoms with Crippen LogP contribution in [0.1, 0.15) is 6.92 Å². The van der Waals surface area contributed by atoms with Crippen LogP contribution in [0.4, 0.5) is 5.82 Å². The minimum atomic E-state index is 0.702. The molecule has 0 aromatic carbocycles. The summed E-state index contributed by atoms with van der Waals surface area (Å²) in [5.74, 6) is 1.49. The van der Waals surface area contributed by atoms with Gasteiger partial charge in [-0.1, -0.05) is 0 Å². The Morgan fingerprint density at radius 2 is 2.18 bits per heavy atom. The fourth-order valence-corrected chi connectivity index (χ4v) is 1.51. The number of hydrogen-bond donors (Lipinski definition) is 1. The highest BCUT2D eigenvalue weighted by molar-refractivity contribution is 5.64. The van der Waals surface area contributed by atoms with E-state index in [0.717, 1.165) is 23.8 Å². The van der Waals surface area contributed by atoms with Gasteiger partial charge < -0.3 is 10.1 Å². The summed E-state index contributed by atoms with van der Waals surface area (Å²) < 4.78 is 5.26. The number of methoxy groups -OCH3 is 1. The third kappa shape index (κ3) is 2.50. The molecule has 0 aliphatic rings. The minimum Gasteiger partial charge on any atom is -0.494 e. The van der Waals surface area contributed by atoms with Gasteiger partial charge in [0, 0.05) is 18.8 Å². The molecular weight excluding hydrogens is 216 g/mol. The standard InChI is InChI=1S/C12H14N4O/c1-3-13-11-7-9(15-8-16-11)12-10(17-2)5-4-6-14-12/h4-8H,3H2,1-2H3,(H,13,15,16). The summed E-state index contributed by atoms with van der Waals surface area (Å²) in [6, 6.07) is 5.54. The molecule has 0 spiro atoms. The molecule has 5 heteroatoms. The van der Waals surface area contributed by atoms with Crippen LogP contribution in [0.25, 0.3) is 11.4 Å². The average Bonchev–Trinajstić information content (AvgIpc) is 2.39. The van der Waals surface area contributed by atoms with Crippen molar-refractivity contribution in [2.45, 2.75) is 6.92 Å². The van der Waals surface area contributed by atoms with Gasteiger partial charge >= 0.3 is 0 Å². The summed E-state index contributed by atoms with van der Waals surface area (Å²) in [7, 11) is 1.62. The minimum absolute atomic E-state index is 0.702. The highest BCUT2D eigenvalue weighted by Gasteiger charge is 2.08. The van der Waals surface area contributed by atoms with Crippen LogP contribution in [0, 0.1) is 0 Å². The van der Waals surface area contributed by atoms with E-state index in [4.69, 9.17) is 4.74 Å². The third-order valence-electron chi connectivity index (χ3n) is 2.26. The van der Waals surface area contributed by atoms with Crippen molar-refractivity contribution in [1.82, 2.24) is 15.0 Å². The molecule has 0 saturated heterocycles. The van der Waals surface area contributed by atoms with Crippen LogP contribution in [0.3, 0.4) is 0 Å². The Bertz CT molecular complexity index is 501. The summed E-state index contributed by atoms with van der Waals surface area (Å²) in [5.41, 5.74) is 1.46. The van der Waals surface area contributed by atoms with Crippen molar-refractivity contribution in [1.29, 1.82) is 0 Å². The van der Waals surface area contributed by atoms with Gasteiger partial charge in [0.25, 0.3) is 0 Å². The van der Waals surface area contributed by atoms with E-state index in [1.807, 2.05) is 25.1 Å². The van der Waals surface area contributed by atoms with Crippen molar-refractivity contribution in [3.63, 3.8) is 0 Å². The van der Waals surface area contributed by atoms with Crippen molar-refractivity contribution in [2.75, 3.05) is 19.0 Å². The van der Waals surface area contributed by atoms with E-state index < -0.39 is 0 Å². The predicted octanol–water partition coefficient (Wildman–Crippen LogP) is 1.98. The second-order valence-electron chi connectivity index (χ2n) is 3.37. The zero-order valence-corrected chi connectivity index (χ0v) is 9.84. The Morgan fingerprint density at radius 1 is 1.29 bits per heavy atom. The third-order valence-corrected chi connectivity index (χ3v) is 2.26. The molecule has 0 atom stereocenters. The van der Waals surface area contributed by atoms with E-state index in [2.05, 4.69) is 20.3 Å². The lowest BCUT2D eigenvalue weighted by atomic mass is 10.2. The predicted molar refractivity (Wildman–Crippen MR) is 66.0 cm³/mol. The number of anilines is 1. The maximum absolute atomic E-state index is 5.26. The number of hydrogen-bond acceptors (Lipinski definition) is 5. The number of nitrogens with zero attached hydrogens (tertiary/aromatic N) is 3. The summed E-state index contributed by atoms with van der Waals surface area (Å²) in [6.07, 6.45) is 3.23. The first-order chi connectivity index (χ1) is 8.35. The molecule has 0 amide bonds. The van der Waals surface area contributed by atoms with E-state index in [1.165, 1.54) is 6.33 Å². The summed E-state index contributed by atoms with van der Waals surface area (Å²) in [5, 5.41) is 3.14. The number of nitrogens with one attached hydrogen (secondary N) is 1. The van der Waals surface area contributed by atoms with Crippen LogP contribution in [0.15, 0.2) is 30.7 Å². The SMILES string of the molecule is CCNc1cc(-c2ncccc2OC)ncn1. The van der Waals surface area contributed by atoms with Crippen LogP contribution in [-0.4, -0.2) is 28.6 Å². The largest absolute Gasteiger partial charge is 0.494 e. The van der Waals surface area contributed by atoms with Crippen molar-refractivity contribution in [2.24, 2.45) is 0 Å². The molecule has 0 fully saturated rings. The van der Waals surface area contributed by atoms with Gasteiger partial charge in [0.2, 0.25) is 0 Å². The summed E-state index contributed by atoms with van der Waals surface area (Å²) >= 11 is 0.